The Morgan fingerprint density at radius 2 is 1.85 bits per heavy atom. The highest BCUT2D eigenvalue weighted by Gasteiger charge is 2.35. The number of nitrogens with zero attached hydrogens (tertiary/aromatic N) is 1. The first-order valence-electron chi connectivity index (χ1n) is 7.89. The van der Waals surface area contributed by atoms with Crippen molar-refractivity contribution in [1.82, 2.24) is 4.90 Å². The minimum Gasteiger partial charge on any atom is -0.327 e. The van der Waals surface area contributed by atoms with Crippen LogP contribution in [0.5, 0.6) is 0 Å². The van der Waals surface area contributed by atoms with E-state index in [1.807, 2.05) is 0 Å². The van der Waals surface area contributed by atoms with Crippen molar-refractivity contribution in [3.05, 3.63) is 62.8 Å². The zero-order chi connectivity index (χ0) is 18.8. The molecule has 1 heterocycles. The van der Waals surface area contributed by atoms with Crippen molar-refractivity contribution in [2.45, 2.75) is 18.9 Å². The van der Waals surface area contributed by atoms with Gasteiger partial charge in [-0.1, -0.05) is 34.8 Å². The van der Waals surface area contributed by atoms with Gasteiger partial charge in [0.05, 0.1) is 15.7 Å². The monoisotopic (exact) mass is 414 g/mol. The molecular weight excluding hydrogens is 402 g/mol. The predicted molar refractivity (Wildman–Crippen MR) is 101 cm³/mol. The lowest BCUT2D eigenvalue weighted by Crippen LogP contribution is -2.43. The minimum atomic E-state index is -0.688. The summed E-state index contributed by atoms with van der Waals surface area (Å²) in [6, 6.07) is 7.85. The highest BCUT2D eigenvalue weighted by molar-refractivity contribution is 6.42. The molecule has 0 aliphatic carbocycles. The first kappa shape index (κ1) is 19.0. The Hall–Kier alpha value is -1.82. The molecule has 1 fully saturated rings. The largest absolute Gasteiger partial charge is 0.327 e. The van der Waals surface area contributed by atoms with Crippen LogP contribution in [0.3, 0.4) is 0 Å². The zero-order valence-electron chi connectivity index (χ0n) is 13.4. The van der Waals surface area contributed by atoms with Gasteiger partial charge in [-0.15, -0.1) is 0 Å². The van der Waals surface area contributed by atoms with Gasteiger partial charge in [0.15, 0.2) is 0 Å². The number of carbonyl (C=O) groups excluding carboxylic acids is 2. The second kappa shape index (κ2) is 7.82. The number of anilines is 1. The molecule has 0 radical (unpaired) electrons. The van der Waals surface area contributed by atoms with Gasteiger partial charge in [0.25, 0.3) is 5.91 Å². The number of likely N-dealkylation sites (tertiary alicyclic amines) is 1. The van der Waals surface area contributed by atoms with Gasteiger partial charge < -0.3 is 10.2 Å². The third-order valence-corrected chi connectivity index (χ3v) is 5.15. The van der Waals surface area contributed by atoms with Crippen LogP contribution >= 0.6 is 34.8 Å². The van der Waals surface area contributed by atoms with Gasteiger partial charge in [-0.05, 0) is 49.2 Å². The molecule has 136 valence electrons. The van der Waals surface area contributed by atoms with Crippen LogP contribution in [0.25, 0.3) is 0 Å². The molecule has 0 aromatic heterocycles. The van der Waals surface area contributed by atoms with Crippen molar-refractivity contribution >= 4 is 52.3 Å². The van der Waals surface area contributed by atoms with E-state index in [2.05, 4.69) is 5.32 Å². The highest BCUT2D eigenvalue weighted by atomic mass is 35.5. The second-order valence-electron chi connectivity index (χ2n) is 5.90. The molecule has 1 atom stereocenters. The standard InChI is InChI=1S/C18H14Cl3FN2O2/c19-11-4-6-15(14(22)9-11)23-17(25)16-2-1-7-24(16)18(26)10-3-5-12(20)13(21)8-10/h3-6,8-9,16H,1-2,7H2,(H,23,25). The Morgan fingerprint density at radius 1 is 1.08 bits per heavy atom. The van der Waals surface area contributed by atoms with Crippen molar-refractivity contribution in [3.63, 3.8) is 0 Å². The average Bonchev–Trinajstić information content (AvgIpc) is 3.09. The number of nitrogens with one attached hydrogen (secondary N) is 1. The van der Waals surface area contributed by atoms with Crippen molar-refractivity contribution in [2.24, 2.45) is 0 Å². The molecule has 0 bridgehead atoms. The maximum atomic E-state index is 13.9. The molecule has 1 N–H and O–H groups in total. The van der Waals surface area contributed by atoms with E-state index in [4.69, 9.17) is 34.8 Å². The number of carbonyl (C=O) groups is 2. The minimum absolute atomic E-state index is 0.0215. The van der Waals surface area contributed by atoms with E-state index < -0.39 is 17.8 Å². The maximum absolute atomic E-state index is 13.9. The Bertz CT molecular complexity index is 876. The molecule has 2 aromatic carbocycles. The van der Waals surface area contributed by atoms with Crippen LogP contribution in [0.4, 0.5) is 10.1 Å². The van der Waals surface area contributed by atoms with Crippen molar-refractivity contribution in [1.29, 1.82) is 0 Å². The van der Waals surface area contributed by atoms with Gasteiger partial charge in [0.2, 0.25) is 5.91 Å². The Kier molecular flexibility index (Phi) is 5.70. The Morgan fingerprint density at radius 3 is 2.54 bits per heavy atom. The fourth-order valence-electron chi connectivity index (χ4n) is 2.88. The molecule has 1 saturated heterocycles. The highest BCUT2D eigenvalue weighted by Crippen LogP contribution is 2.27. The zero-order valence-corrected chi connectivity index (χ0v) is 15.7. The summed E-state index contributed by atoms with van der Waals surface area (Å²) in [5.41, 5.74) is 0.366. The summed E-state index contributed by atoms with van der Waals surface area (Å²) in [4.78, 5) is 26.8. The molecule has 0 saturated carbocycles. The van der Waals surface area contributed by atoms with Gasteiger partial charge in [0, 0.05) is 17.1 Å². The molecule has 8 heteroatoms. The number of hydrogen-bond acceptors (Lipinski definition) is 2. The van der Waals surface area contributed by atoms with E-state index >= 15 is 0 Å². The third kappa shape index (κ3) is 3.95. The van der Waals surface area contributed by atoms with E-state index in [1.54, 1.807) is 6.07 Å². The first-order valence-corrected chi connectivity index (χ1v) is 9.02. The third-order valence-electron chi connectivity index (χ3n) is 4.17. The molecule has 3 rings (SSSR count). The molecule has 2 aromatic rings. The maximum Gasteiger partial charge on any atom is 0.254 e. The summed E-state index contributed by atoms with van der Waals surface area (Å²) in [6.07, 6.45) is 1.17. The fourth-order valence-corrected chi connectivity index (χ4v) is 3.34. The lowest BCUT2D eigenvalue weighted by Gasteiger charge is -2.24. The van der Waals surface area contributed by atoms with Gasteiger partial charge in [-0.2, -0.15) is 0 Å². The molecule has 1 aliphatic rings. The van der Waals surface area contributed by atoms with Crippen LogP contribution in [-0.2, 0) is 4.79 Å². The van der Waals surface area contributed by atoms with E-state index in [0.717, 1.165) is 6.07 Å². The van der Waals surface area contributed by atoms with E-state index in [0.29, 0.717) is 30.0 Å². The van der Waals surface area contributed by atoms with Crippen LogP contribution < -0.4 is 5.32 Å². The number of amides is 2. The summed E-state index contributed by atoms with van der Waals surface area (Å²) < 4.78 is 13.9. The Balaban J connectivity index is 1.77. The second-order valence-corrected chi connectivity index (χ2v) is 7.15. The van der Waals surface area contributed by atoms with E-state index in [9.17, 15) is 14.0 Å². The van der Waals surface area contributed by atoms with Gasteiger partial charge in [-0.3, -0.25) is 9.59 Å². The Labute approximate surface area is 164 Å². The van der Waals surface area contributed by atoms with Crippen LogP contribution in [-0.4, -0.2) is 29.3 Å². The van der Waals surface area contributed by atoms with Gasteiger partial charge >= 0.3 is 0 Å². The summed E-state index contributed by atoms with van der Waals surface area (Å²) in [5.74, 6) is -1.40. The summed E-state index contributed by atoms with van der Waals surface area (Å²) in [5, 5.41) is 3.37. The predicted octanol–water partition coefficient (Wildman–Crippen LogP) is 5.03. The average molecular weight is 416 g/mol. The molecule has 26 heavy (non-hydrogen) atoms. The number of rotatable bonds is 3. The number of hydrogen-bond donors (Lipinski definition) is 1. The molecule has 4 nitrogen and oxygen atoms in total. The molecule has 0 spiro atoms. The topological polar surface area (TPSA) is 49.4 Å². The first-order chi connectivity index (χ1) is 12.4. The summed E-state index contributed by atoms with van der Waals surface area (Å²) in [7, 11) is 0. The number of halogens is 4. The molecule has 1 unspecified atom stereocenters. The summed E-state index contributed by atoms with van der Waals surface area (Å²) >= 11 is 17.6. The van der Waals surface area contributed by atoms with Crippen molar-refractivity contribution < 1.29 is 14.0 Å². The van der Waals surface area contributed by atoms with Gasteiger partial charge in [0.1, 0.15) is 11.9 Å². The lowest BCUT2D eigenvalue weighted by atomic mass is 10.1. The number of benzene rings is 2. The lowest BCUT2D eigenvalue weighted by molar-refractivity contribution is -0.119. The smallest absolute Gasteiger partial charge is 0.254 e. The van der Waals surface area contributed by atoms with E-state index in [-0.39, 0.29) is 21.6 Å². The molecule has 2 amide bonds. The van der Waals surface area contributed by atoms with Crippen LogP contribution in [0.1, 0.15) is 23.2 Å². The van der Waals surface area contributed by atoms with Crippen molar-refractivity contribution in [3.8, 4) is 0 Å². The van der Waals surface area contributed by atoms with Crippen LogP contribution in [0.2, 0.25) is 15.1 Å². The van der Waals surface area contributed by atoms with E-state index in [1.165, 1.54) is 29.2 Å². The molecular formula is C18H14Cl3FN2O2. The van der Waals surface area contributed by atoms with Crippen LogP contribution in [0.15, 0.2) is 36.4 Å². The van der Waals surface area contributed by atoms with Gasteiger partial charge in [-0.25, -0.2) is 4.39 Å². The fraction of sp³-hybridized carbons (Fsp3) is 0.222. The quantitative estimate of drug-likeness (QED) is 0.764. The molecule has 1 aliphatic heterocycles. The SMILES string of the molecule is O=C(Nc1ccc(Cl)cc1F)C1CCCN1C(=O)c1ccc(Cl)c(Cl)c1. The normalized spacial score (nSPS) is 16.6. The van der Waals surface area contributed by atoms with Crippen LogP contribution in [0, 0.1) is 5.82 Å². The van der Waals surface area contributed by atoms with Crippen molar-refractivity contribution in [2.75, 3.05) is 11.9 Å². The summed E-state index contributed by atoms with van der Waals surface area (Å²) in [6.45, 7) is 0.431.